The normalized spacial score (nSPS) is 24.5. The minimum atomic E-state index is -0.809. The smallest absolute Gasteiger partial charge is 0.317 e. The highest BCUT2D eigenvalue weighted by atomic mass is 16.4. The summed E-state index contributed by atoms with van der Waals surface area (Å²) in [7, 11) is 0. The fraction of sp³-hybridized carbons (Fsp3) is 0.684. The molecule has 1 aromatic rings. The molecule has 28 heavy (non-hydrogen) atoms. The summed E-state index contributed by atoms with van der Waals surface area (Å²) in [6, 6.07) is 4.18. The van der Waals surface area contributed by atoms with Crippen LogP contribution < -0.4 is 15.5 Å². The van der Waals surface area contributed by atoms with E-state index in [2.05, 4.69) is 25.7 Å². The number of hydrogen-bond donors (Lipinski definition) is 3. The SMILES string of the molecule is CCN(CC(=O)O)C1CC(NC(=O)NC2CCCN(c3ccc(C)nn3)C2)C1. The standard InChI is InChI=1S/C19H30N6O3/c1-3-24(12-18(26)27)16-9-15(10-16)21-19(28)20-14-5-4-8-25(11-14)17-7-6-13(2)22-23-17/h6-7,14-16H,3-5,8-12H2,1-2H3,(H,26,27)(H2,20,21,28). The Labute approximate surface area is 165 Å². The molecular weight excluding hydrogens is 360 g/mol. The van der Waals surface area contributed by atoms with Crippen LogP contribution in [-0.4, -0.2) is 76.5 Å². The van der Waals surface area contributed by atoms with Crippen LogP contribution in [0.4, 0.5) is 10.6 Å². The summed E-state index contributed by atoms with van der Waals surface area (Å²) in [5, 5.41) is 23.4. The highest BCUT2D eigenvalue weighted by molar-refractivity contribution is 5.75. The van der Waals surface area contributed by atoms with Crippen molar-refractivity contribution in [1.82, 2.24) is 25.7 Å². The summed E-state index contributed by atoms with van der Waals surface area (Å²) in [6.45, 7) is 6.27. The van der Waals surface area contributed by atoms with Crippen LogP contribution >= 0.6 is 0 Å². The maximum absolute atomic E-state index is 12.3. The van der Waals surface area contributed by atoms with Crippen LogP contribution in [0.5, 0.6) is 0 Å². The third-order valence-electron chi connectivity index (χ3n) is 5.57. The van der Waals surface area contributed by atoms with Gasteiger partial charge in [0.15, 0.2) is 5.82 Å². The first kappa shape index (κ1) is 20.3. The van der Waals surface area contributed by atoms with E-state index in [-0.39, 0.29) is 30.7 Å². The van der Waals surface area contributed by atoms with Gasteiger partial charge in [-0.25, -0.2) is 4.79 Å². The van der Waals surface area contributed by atoms with E-state index in [0.717, 1.165) is 50.3 Å². The van der Waals surface area contributed by atoms with Crippen LogP contribution in [0, 0.1) is 6.92 Å². The number of nitrogens with one attached hydrogen (secondary N) is 2. The molecule has 9 nitrogen and oxygen atoms in total. The zero-order chi connectivity index (χ0) is 20.1. The summed E-state index contributed by atoms with van der Waals surface area (Å²) in [4.78, 5) is 27.4. The van der Waals surface area contributed by atoms with Gasteiger partial charge in [0.25, 0.3) is 0 Å². The van der Waals surface area contributed by atoms with E-state index in [1.54, 1.807) is 0 Å². The molecule has 154 valence electrons. The lowest BCUT2D eigenvalue weighted by molar-refractivity contribution is -0.139. The van der Waals surface area contributed by atoms with E-state index in [0.29, 0.717) is 6.54 Å². The second kappa shape index (κ2) is 9.18. The fourth-order valence-corrected chi connectivity index (χ4v) is 3.95. The Balaban J connectivity index is 1.41. The number of carboxylic acids is 1. The summed E-state index contributed by atoms with van der Waals surface area (Å²) in [6.07, 6.45) is 3.53. The van der Waals surface area contributed by atoms with Crippen LogP contribution in [0.1, 0.15) is 38.3 Å². The number of hydrogen-bond acceptors (Lipinski definition) is 6. The van der Waals surface area contributed by atoms with E-state index in [4.69, 9.17) is 5.11 Å². The number of aliphatic carboxylic acids is 1. The quantitative estimate of drug-likeness (QED) is 0.637. The third-order valence-corrected chi connectivity index (χ3v) is 5.57. The molecule has 3 rings (SSSR count). The molecule has 1 aromatic heterocycles. The van der Waals surface area contributed by atoms with Gasteiger partial charge in [0.2, 0.25) is 0 Å². The summed E-state index contributed by atoms with van der Waals surface area (Å²) in [5.41, 5.74) is 0.888. The molecule has 1 saturated carbocycles. The number of rotatable bonds is 7. The molecule has 1 saturated heterocycles. The number of piperidine rings is 1. The summed E-state index contributed by atoms with van der Waals surface area (Å²) in [5.74, 6) is 0.0357. The molecule has 1 unspecified atom stereocenters. The Hall–Kier alpha value is -2.42. The van der Waals surface area contributed by atoms with Crippen molar-refractivity contribution >= 4 is 17.8 Å². The van der Waals surface area contributed by atoms with Gasteiger partial charge in [-0.05, 0) is 51.3 Å². The van der Waals surface area contributed by atoms with Gasteiger partial charge < -0.3 is 20.6 Å². The van der Waals surface area contributed by atoms with E-state index in [1.807, 2.05) is 30.9 Å². The monoisotopic (exact) mass is 390 g/mol. The maximum atomic E-state index is 12.3. The number of carboxylic acid groups (broad SMARTS) is 1. The zero-order valence-electron chi connectivity index (χ0n) is 16.6. The van der Waals surface area contributed by atoms with Crippen molar-refractivity contribution in [3.8, 4) is 0 Å². The van der Waals surface area contributed by atoms with Gasteiger partial charge in [-0.15, -0.1) is 5.10 Å². The first-order chi connectivity index (χ1) is 13.4. The lowest BCUT2D eigenvalue weighted by Gasteiger charge is -2.42. The van der Waals surface area contributed by atoms with Crippen molar-refractivity contribution in [1.29, 1.82) is 0 Å². The van der Waals surface area contributed by atoms with Gasteiger partial charge >= 0.3 is 12.0 Å². The maximum Gasteiger partial charge on any atom is 0.317 e. The lowest BCUT2D eigenvalue weighted by Crippen LogP contribution is -2.58. The Morgan fingerprint density at radius 2 is 2.00 bits per heavy atom. The van der Waals surface area contributed by atoms with E-state index < -0.39 is 5.97 Å². The Morgan fingerprint density at radius 1 is 1.25 bits per heavy atom. The van der Waals surface area contributed by atoms with Crippen molar-refractivity contribution in [2.24, 2.45) is 0 Å². The van der Waals surface area contributed by atoms with Gasteiger partial charge in [-0.1, -0.05) is 6.92 Å². The molecule has 1 aliphatic carbocycles. The van der Waals surface area contributed by atoms with E-state index in [9.17, 15) is 9.59 Å². The number of aromatic nitrogens is 2. The van der Waals surface area contributed by atoms with Crippen molar-refractivity contribution in [2.75, 3.05) is 31.1 Å². The number of carbonyl (C=O) groups is 2. The van der Waals surface area contributed by atoms with Crippen LogP contribution in [0.3, 0.4) is 0 Å². The molecule has 2 heterocycles. The second-order valence-electron chi connectivity index (χ2n) is 7.71. The Morgan fingerprint density at radius 3 is 2.64 bits per heavy atom. The molecule has 9 heteroatoms. The fourth-order valence-electron chi connectivity index (χ4n) is 3.95. The highest BCUT2D eigenvalue weighted by Crippen LogP contribution is 2.25. The number of nitrogens with zero attached hydrogens (tertiary/aromatic N) is 4. The summed E-state index contributed by atoms with van der Waals surface area (Å²) < 4.78 is 0. The Bertz CT molecular complexity index is 677. The van der Waals surface area contributed by atoms with Gasteiger partial charge in [-0.3, -0.25) is 9.69 Å². The number of amides is 2. The first-order valence-electron chi connectivity index (χ1n) is 10.0. The van der Waals surface area contributed by atoms with Crippen LogP contribution in [0.2, 0.25) is 0 Å². The molecule has 0 bridgehead atoms. The van der Waals surface area contributed by atoms with E-state index >= 15 is 0 Å². The van der Waals surface area contributed by atoms with Crippen LogP contribution in [-0.2, 0) is 4.79 Å². The average molecular weight is 390 g/mol. The molecule has 1 atom stereocenters. The molecule has 0 radical (unpaired) electrons. The van der Waals surface area contributed by atoms with E-state index in [1.165, 1.54) is 0 Å². The van der Waals surface area contributed by atoms with Crippen molar-refractivity contribution in [2.45, 2.75) is 57.7 Å². The van der Waals surface area contributed by atoms with Crippen molar-refractivity contribution < 1.29 is 14.7 Å². The van der Waals surface area contributed by atoms with Gasteiger partial charge in [0.05, 0.1) is 12.2 Å². The number of carbonyl (C=O) groups excluding carboxylic acids is 1. The largest absolute Gasteiger partial charge is 0.480 e. The van der Waals surface area contributed by atoms with Crippen molar-refractivity contribution in [3.63, 3.8) is 0 Å². The second-order valence-corrected chi connectivity index (χ2v) is 7.71. The third kappa shape index (κ3) is 5.31. The number of likely N-dealkylation sites (N-methyl/N-ethyl adjacent to an activating group) is 1. The van der Waals surface area contributed by atoms with Crippen molar-refractivity contribution in [3.05, 3.63) is 17.8 Å². The molecular formula is C19H30N6O3. The Kier molecular flexibility index (Phi) is 6.66. The number of anilines is 1. The zero-order valence-corrected chi connectivity index (χ0v) is 16.6. The molecule has 3 N–H and O–H groups in total. The lowest BCUT2D eigenvalue weighted by atomic mass is 9.85. The van der Waals surface area contributed by atoms with Gasteiger partial charge in [-0.2, -0.15) is 5.10 Å². The summed E-state index contributed by atoms with van der Waals surface area (Å²) >= 11 is 0. The van der Waals surface area contributed by atoms with Gasteiger partial charge in [0, 0.05) is 31.2 Å². The van der Waals surface area contributed by atoms with Crippen LogP contribution in [0.15, 0.2) is 12.1 Å². The molecule has 2 fully saturated rings. The molecule has 2 amide bonds. The average Bonchev–Trinajstić information content (AvgIpc) is 2.63. The minimum absolute atomic E-state index is 0.0555. The molecule has 2 aliphatic rings. The molecule has 0 aromatic carbocycles. The number of urea groups is 1. The molecule has 1 aliphatic heterocycles. The topological polar surface area (TPSA) is 111 Å². The predicted molar refractivity (Wildman–Crippen MR) is 105 cm³/mol. The minimum Gasteiger partial charge on any atom is -0.480 e. The van der Waals surface area contributed by atoms with Gasteiger partial charge in [0.1, 0.15) is 0 Å². The predicted octanol–water partition coefficient (Wildman–Crippen LogP) is 0.991. The molecule has 0 spiro atoms. The number of aryl methyl sites for hydroxylation is 1. The van der Waals surface area contributed by atoms with Crippen LogP contribution in [0.25, 0.3) is 0 Å². The first-order valence-corrected chi connectivity index (χ1v) is 10.0. The highest BCUT2D eigenvalue weighted by Gasteiger charge is 2.35.